The van der Waals surface area contributed by atoms with E-state index in [1.807, 2.05) is 13.8 Å². The standard InChI is InChI=1S/C17H19ClFN3O3S/c1-11(2)22-6-5-21-10-13(8-16(21)17(22)23)26(24,25)20-9-12-3-4-15(19)14(18)7-12/h3-4,7-8,10-11,20H,5-6,9H2,1-2H3. The minimum absolute atomic E-state index is 0.0275. The van der Waals surface area contributed by atoms with Crippen LogP contribution in [0.15, 0.2) is 35.4 Å². The molecule has 26 heavy (non-hydrogen) atoms. The van der Waals surface area contributed by atoms with Gasteiger partial charge in [0.2, 0.25) is 10.0 Å². The zero-order chi connectivity index (χ0) is 19.1. The fraction of sp³-hybridized carbons (Fsp3) is 0.353. The van der Waals surface area contributed by atoms with Crippen molar-refractivity contribution in [3.05, 3.63) is 52.6 Å². The molecule has 2 aromatic rings. The third-order valence-electron chi connectivity index (χ3n) is 4.32. The second-order valence-electron chi connectivity index (χ2n) is 6.42. The van der Waals surface area contributed by atoms with E-state index in [1.54, 1.807) is 9.47 Å². The molecule has 1 amide bonds. The molecule has 1 N–H and O–H groups in total. The van der Waals surface area contributed by atoms with E-state index in [0.717, 1.165) is 0 Å². The first kappa shape index (κ1) is 18.9. The summed E-state index contributed by atoms with van der Waals surface area (Å²) in [6.07, 6.45) is 1.46. The van der Waals surface area contributed by atoms with Crippen LogP contribution in [-0.2, 0) is 23.1 Å². The van der Waals surface area contributed by atoms with Crippen molar-refractivity contribution in [3.8, 4) is 0 Å². The average molecular weight is 400 g/mol. The van der Waals surface area contributed by atoms with Crippen molar-refractivity contribution in [3.63, 3.8) is 0 Å². The molecule has 9 heteroatoms. The van der Waals surface area contributed by atoms with Crippen molar-refractivity contribution < 1.29 is 17.6 Å². The molecule has 1 aliphatic rings. The average Bonchev–Trinajstić information content (AvgIpc) is 3.02. The lowest BCUT2D eigenvalue weighted by Crippen LogP contribution is -2.43. The molecular formula is C17H19ClFN3O3S. The summed E-state index contributed by atoms with van der Waals surface area (Å²) in [6, 6.07) is 5.44. The third-order valence-corrected chi connectivity index (χ3v) is 5.98. The fourth-order valence-corrected chi connectivity index (χ4v) is 4.12. The number of halogens is 2. The van der Waals surface area contributed by atoms with Gasteiger partial charge in [0.15, 0.2) is 0 Å². The summed E-state index contributed by atoms with van der Waals surface area (Å²) in [5.74, 6) is -0.746. The molecule has 6 nitrogen and oxygen atoms in total. The Bertz CT molecular complexity index is 956. The zero-order valence-electron chi connectivity index (χ0n) is 14.4. The lowest BCUT2D eigenvalue weighted by atomic mass is 10.2. The van der Waals surface area contributed by atoms with Crippen LogP contribution in [0.25, 0.3) is 0 Å². The van der Waals surface area contributed by atoms with Gasteiger partial charge < -0.3 is 9.47 Å². The molecule has 0 spiro atoms. The van der Waals surface area contributed by atoms with Crippen LogP contribution in [0.4, 0.5) is 4.39 Å². The normalized spacial score (nSPS) is 14.8. The first-order chi connectivity index (χ1) is 12.2. The van der Waals surface area contributed by atoms with Gasteiger partial charge in [-0.1, -0.05) is 17.7 Å². The predicted octanol–water partition coefficient (Wildman–Crippen LogP) is 2.62. The van der Waals surface area contributed by atoms with Crippen molar-refractivity contribution in [2.24, 2.45) is 0 Å². The summed E-state index contributed by atoms with van der Waals surface area (Å²) in [6.45, 7) is 4.89. The quantitative estimate of drug-likeness (QED) is 0.840. The van der Waals surface area contributed by atoms with Crippen LogP contribution in [0.1, 0.15) is 29.9 Å². The molecule has 1 aromatic heterocycles. The summed E-state index contributed by atoms with van der Waals surface area (Å²) in [5, 5.41) is -0.0691. The lowest BCUT2D eigenvalue weighted by molar-refractivity contribution is 0.0649. The van der Waals surface area contributed by atoms with Crippen LogP contribution < -0.4 is 4.72 Å². The molecule has 0 aliphatic carbocycles. The maximum atomic E-state index is 13.2. The van der Waals surface area contributed by atoms with Crippen LogP contribution >= 0.6 is 11.6 Å². The smallest absolute Gasteiger partial charge is 0.270 e. The molecule has 1 aromatic carbocycles. The van der Waals surface area contributed by atoms with Gasteiger partial charge in [-0.25, -0.2) is 17.5 Å². The van der Waals surface area contributed by atoms with Gasteiger partial charge in [-0.2, -0.15) is 0 Å². The van der Waals surface area contributed by atoms with Crippen molar-refractivity contribution in [2.75, 3.05) is 6.54 Å². The number of benzene rings is 1. The molecule has 0 radical (unpaired) electrons. The van der Waals surface area contributed by atoms with E-state index in [2.05, 4.69) is 4.72 Å². The van der Waals surface area contributed by atoms with Crippen molar-refractivity contribution in [1.82, 2.24) is 14.2 Å². The zero-order valence-corrected chi connectivity index (χ0v) is 15.9. The molecule has 1 aliphatic heterocycles. The summed E-state index contributed by atoms with van der Waals surface area (Å²) in [5.41, 5.74) is 0.890. The lowest BCUT2D eigenvalue weighted by Gasteiger charge is -2.31. The van der Waals surface area contributed by atoms with E-state index in [1.165, 1.54) is 30.5 Å². The summed E-state index contributed by atoms with van der Waals surface area (Å²) < 4.78 is 42.4. The number of nitrogens with zero attached hydrogens (tertiary/aromatic N) is 2. The van der Waals surface area contributed by atoms with E-state index < -0.39 is 15.8 Å². The Morgan fingerprint density at radius 1 is 1.27 bits per heavy atom. The van der Waals surface area contributed by atoms with Crippen LogP contribution in [0.5, 0.6) is 0 Å². The highest BCUT2D eigenvalue weighted by atomic mass is 35.5. The fourth-order valence-electron chi connectivity index (χ4n) is 2.86. The number of aromatic nitrogens is 1. The molecule has 0 saturated heterocycles. The Morgan fingerprint density at radius 2 is 2.00 bits per heavy atom. The molecule has 140 valence electrons. The number of nitrogens with one attached hydrogen (secondary N) is 1. The number of amides is 1. The minimum atomic E-state index is -3.82. The van der Waals surface area contributed by atoms with Crippen molar-refractivity contribution >= 4 is 27.5 Å². The van der Waals surface area contributed by atoms with Gasteiger partial charge in [0.05, 0.1) is 5.02 Å². The van der Waals surface area contributed by atoms with E-state index in [4.69, 9.17) is 11.6 Å². The number of hydrogen-bond donors (Lipinski definition) is 1. The third kappa shape index (κ3) is 3.62. The first-order valence-corrected chi connectivity index (χ1v) is 10.00. The molecule has 0 saturated carbocycles. The molecule has 0 atom stereocenters. The predicted molar refractivity (Wildman–Crippen MR) is 96.0 cm³/mol. The summed E-state index contributed by atoms with van der Waals surface area (Å²) in [4.78, 5) is 14.2. The van der Waals surface area contributed by atoms with Crippen molar-refractivity contribution in [1.29, 1.82) is 0 Å². The van der Waals surface area contributed by atoms with E-state index in [-0.39, 0.29) is 28.4 Å². The topological polar surface area (TPSA) is 71.4 Å². The largest absolute Gasteiger partial charge is 0.340 e. The van der Waals surface area contributed by atoms with Gasteiger partial charge in [-0.05, 0) is 37.6 Å². The Hall–Kier alpha value is -1.90. The maximum Gasteiger partial charge on any atom is 0.270 e. The van der Waals surface area contributed by atoms with Crippen LogP contribution in [-0.4, -0.2) is 36.4 Å². The highest BCUT2D eigenvalue weighted by Gasteiger charge is 2.29. The van der Waals surface area contributed by atoms with Gasteiger partial charge >= 0.3 is 0 Å². The molecular weight excluding hydrogens is 381 g/mol. The molecule has 2 heterocycles. The Balaban J connectivity index is 1.79. The van der Waals surface area contributed by atoms with Gasteiger partial charge in [-0.15, -0.1) is 0 Å². The van der Waals surface area contributed by atoms with Gasteiger partial charge in [0.1, 0.15) is 16.4 Å². The van der Waals surface area contributed by atoms with E-state index in [0.29, 0.717) is 24.3 Å². The van der Waals surface area contributed by atoms with Crippen molar-refractivity contribution in [2.45, 2.75) is 37.9 Å². The number of carbonyl (C=O) groups excluding carboxylic acids is 1. The van der Waals surface area contributed by atoms with Crippen LogP contribution in [0.3, 0.4) is 0 Å². The van der Waals surface area contributed by atoms with Crippen LogP contribution in [0, 0.1) is 5.82 Å². The first-order valence-electron chi connectivity index (χ1n) is 8.14. The van der Waals surface area contributed by atoms with E-state index in [9.17, 15) is 17.6 Å². The SMILES string of the molecule is CC(C)N1CCn2cc(S(=O)(=O)NCc3ccc(F)c(Cl)c3)cc2C1=O. The monoisotopic (exact) mass is 399 g/mol. The second kappa shape index (κ2) is 7.02. The molecule has 0 fully saturated rings. The van der Waals surface area contributed by atoms with Gasteiger partial charge in [0, 0.05) is 31.9 Å². The molecule has 3 rings (SSSR count). The second-order valence-corrected chi connectivity index (χ2v) is 8.59. The summed E-state index contributed by atoms with van der Waals surface area (Å²) >= 11 is 5.71. The molecule has 0 unspecified atom stereocenters. The Labute approximate surface area is 156 Å². The highest BCUT2D eigenvalue weighted by molar-refractivity contribution is 7.89. The number of carbonyl (C=O) groups is 1. The molecule has 0 bridgehead atoms. The van der Waals surface area contributed by atoms with Crippen LogP contribution in [0.2, 0.25) is 5.02 Å². The number of hydrogen-bond acceptors (Lipinski definition) is 3. The number of rotatable bonds is 5. The van der Waals surface area contributed by atoms with Gasteiger partial charge in [-0.3, -0.25) is 4.79 Å². The Kier molecular flexibility index (Phi) is 5.09. The Morgan fingerprint density at radius 3 is 2.65 bits per heavy atom. The maximum absolute atomic E-state index is 13.2. The number of sulfonamides is 1. The van der Waals surface area contributed by atoms with E-state index >= 15 is 0 Å². The summed E-state index contributed by atoms with van der Waals surface area (Å²) in [7, 11) is -3.82. The number of fused-ring (bicyclic) bond motifs is 1. The highest BCUT2D eigenvalue weighted by Crippen LogP contribution is 2.22. The minimum Gasteiger partial charge on any atom is -0.340 e. The van der Waals surface area contributed by atoms with Gasteiger partial charge in [0.25, 0.3) is 5.91 Å².